The molecule has 2 aromatic rings. The number of nitrogens with zero attached hydrogens (tertiary/aromatic N) is 1. The van der Waals surface area contributed by atoms with Crippen LogP contribution in [0.2, 0.25) is 0 Å². The Morgan fingerprint density at radius 1 is 1.06 bits per heavy atom. The van der Waals surface area contributed by atoms with E-state index in [0.29, 0.717) is 0 Å². The molecule has 0 bridgehead atoms. The molecule has 0 radical (unpaired) electrons. The molecule has 0 N–H and O–H groups in total. The zero-order valence-electron chi connectivity index (χ0n) is 9.03. The van der Waals surface area contributed by atoms with Gasteiger partial charge in [0.15, 0.2) is 0 Å². The molecule has 5 heteroatoms. The van der Waals surface area contributed by atoms with Crippen molar-refractivity contribution in [2.24, 2.45) is 7.05 Å². The summed E-state index contributed by atoms with van der Waals surface area (Å²) < 4.78 is 41.5. The highest BCUT2D eigenvalue weighted by Crippen LogP contribution is 2.26. The first kappa shape index (κ1) is 11.6. The lowest BCUT2D eigenvalue weighted by molar-refractivity contribution is -0.274. The molecule has 0 aliphatic rings. The highest BCUT2D eigenvalue weighted by molar-refractivity contribution is 5.60. The van der Waals surface area contributed by atoms with Crippen LogP contribution in [0, 0.1) is 0 Å². The van der Waals surface area contributed by atoms with Gasteiger partial charge >= 0.3 is 6.36 Å². The molecular weight excluding hydrogens is 231 g/mol. The number of alkyl halides is 3. The van der Waals surface area contributed by atoms with Crippen LogP contribution in [0.15, 0.2) is 42.6 Å². The topological polar surface area (TPSA) is 14.2 Å². The van der Waals surface area contributed by atoms with Gasteiger partial charge in [0.05, 0.1) is 0 Å². The first-order chi connectivity index (χ1) is 7.96. The Morgan fingerprint density at radius 3 is 2.18 bits per heavy atom. The third kappa shape index (κ3) is 2.81. The van der Waals surface area contributed by atoms with E-state index in [1.165, 1.54) is 12.1 Å². The molecule has 0 spiro atoms. The van der Waals surface area contributed by atoms with Crippen molar-refractivity contribution in [1.82, 2.24) is 4.57 Å². The zero-order chi connectivity index (χ0) is 12.5. The zero-order valence-corrected chi connectivity index (χ0v) is 9.03. The van der Waals surface area contributed by atoms with Gasteiger partial charge in [-0.05, 0) is 42.0 Å². The summed E-state index contributed by atoms with van der Waals surface area (Å²) in [6, 6.07) is 9.55. The fraction of sp³-hybridized carbons (Fsp3) is 0.167. The van der Waals surface area contributed by atoms with Gasteiger partial charge in [-0.2, -0.15) is 0 Å². The molecular formula is C12H10F3NO. The molecule has 0 saturated heterocycles. The van der Waals surface area contributed by atoms with Crippen LogP contribution in [-0.2, 0) is 7.05 Å². The molecule has 0 aliphatic heterocycles. The fourth-order valence-corrected chi connectivity index (χ4v) is 1.59. The van der Waals surface area contributed by atoms with Crippen LogP contribution in [0.4, 0.5) is 13.2 Å². The number of benzene rings is 1. The van der Waals surface area contributed by atoms with Crippen LogP contribution in [-0.4, -0.2) is 10.9 Å². The van der Waals surface area contributed by atoms with Gasteiger partial charge in [-0.3, -0.25) is 0 Å². The predicted octanol–water partition coefficient (Wildman–Crippen LogP) is 3.59. The molecule has 0 atom stereocenters. The predicted molar refractivity (Wildman–Crippen MR) is 57.5 cm³/mol. The van der Waals surface area contributed by atoms with E-state index >= 15 is 0 Å². The highest BCUT2D eigenvalue weighted by Gasteiger charge is 2.30. The van der Waals surface area contributed by atoms with E-state index < -0.39 is 6.36 Å². The van der Waals surface area contributed by atoms with E-state index in [-0.39, 0.29) is 5.75 Å². The van der Waals surface area contributed by atoms with Gasteiger partial charge in [0.1, 0.15) is 5.75 Å². The summed E-state index contributed by atoms with van der Waals surface area (Å²) in [5.41, 5.74) is 1.77. The molecule has 0 amide bonds. The second kappa shape index (κ2) is 4.16. The summed E-state index contributed by atoms with van der Waals surface area (Å²) >= 11 is 0. The van der Waals surface area contributed by atoms with Gasteiger partial charge in [0.25, 0.3) is 0 Å². The number of rotatable bonds is 2. The Labute approximate surface area is 96.2 Å². The lowest BCUT2D eigenvalue weighted by Crippen LogP contribution is -2.16. The quantitative estimate of drug-likeness (QED) is 0.783. The Kier molecular flexibility index (Phi) is 2.83. The van der Waals surface area contributed by atoms with E-state index in [4.69, 9.17) is 0 Å². The third-order valence-corrected chi connectivity index (χ3v) is 2.33. The number of hydrogen-bond acceptors (Lipinski definition) is 1. The second-order valence-corrected chi connectivity index (χ2v) is 3.58. The van der Waals surface area contributed by atoms with Crippen molar-refractivity contribution in [2.45, 2.75) is 6.36 Å². The number of aromatic nitrogens is 1. The molecule has 1 heterocycles. The van der Waals surface area contributed by atoms with E-state index in [0.717, 1.165) is 11.3 Å². The summed E-state index contributed by atoms with van der Waals surface area (Å²) in [5, 5.41) is 0. The first-order valence-electron chi connectivity index (χ1n) is 4.93. The van der Waals surface area contributed by atoms with Crippen LogP contribution in [0.5, 0.6) is 5.75 Å². The fourth-order valence-electron chi connectivity index (χ4n) is 1.59. The third-order valence-electron chi connectivity index (χ3n) is 2.33. The van der Waals surface area contributed by atoms with Gasteiger partial charge < -0.3 is 9.30 Å². The normalized spacial score (nSPS) is 11.5. The maximum Gasteiger partial charge on any atom is 0.573 e. The maximum absolute atomic E-state index is 12.0. The lowest BCUT2D eigenvalue weighted by Gasteiger charge is -2.09. The summed E-state index contributed by atoms with van der Waals surface area (Å²) in [4.78, 5) is 0. The summed E-state index contributed by atoms with van der Waals surface area (Å²) in [5.74, 6) is -0.213. The molecule has 0 fully saturated rings. The lowest BCUT2D eigenvalue weighted by atomic mass is 10.1. The number of halogens is 3. The van der Waals surface area contributed by atoms with Gasteiger partial charge in [-0.25, -0.2) is 0 Å². The molecule has 0 aliphatic carbocycles. The van der Waals surface area contributed by atoms with Crippen molar-refractivity contribution in [3.05, 3.63) is 42.6 Å². The Balaban J connectivity index is 2.22. The molecule has 2 rings (SSSR count). The van der Waals surface area contributed by atoms with Crippen LogP contribution in [0.1, 0.15) is 0 Å². The van der Waals surface area contributed by atoms with Crippen molar-refractivity contribution in [1.29, 1.82) is 0 Å². The van der Waals surface area contributed by atoms with Gasteiger partial charge in [0, 0.05) is 18.9 Å². The molecule has 1 aromatic heterocycles. The number of aryl methyl sites for hydroxylation is 1. The minimum Gasteiger partial charge on any atom is -0.406 e. The molecule has 17 heavy (non-hydrogen) atoms. The largest absolute Gasteiger partial charge is 0.573 e. The minimum absolute atomic E-state index is 0.213. The molecule has 90 valence electrons. The highest BCUT2D eigenvalue weighted by atomic mass is 19.4. The summed E-state index contributed by atoms with van der Waals surface area (Å²) in [6.45, 7) is 0. The number of hydrogen-bond donors (Lipinski definition) is 0. The van der Waals surface area contributed by atoms with Gasteiger partial charge in [0.2, 0.25) is 0 Å². The minimum atomic E-state index is -4.65. The van der Waals surface area contributed by atoms with Crippen LogP contribution >= 0.6 is 0 Å². The smallest absolute Gasteiger partial charge is 0.406 e. The van der Waals surface area contributed by atoms with Gasteiger partial charge in [-0.15, -0.1) is 13.2 Å². The van der Waals surface area contributed by atoms with E-state index in [9.17, 15) is 13.2 Å². The molecule has 1 aromatic carbocycles. The molecule has 2 nitrogen and oxygen atoms in total. The average molecular weight is 241 g/mol. The SMILES string of the molecule is Cn1cccc1-c1ccc(OC(F)(F)F)cc1. The van der Waals surface area contributed by atoms with Crippen LogP contribution in [0.3, 0.4) is 0 Å². The summed E-state index contributed by atoms with van der Waals surface area (Å²) in [6.07, 6.45) is -2.78. The van der Waals surface area contributed by atoms with E-state index in [1.54, 1.807) is 12.1 Å². The maximum atomic E-state index is 12.0. The van der Waals surface area contributed by atoms with E-state index in [1.807, 2.05) is 29.9 Å². The Morgan fingerprint density at radius 2 is 1.71 bits per heavy atom. The van der Waals surface area contributed by atoms with Gasteiger partial charge in [-0.1, -0.05) is 0 Å². The first-order valence-corrected chi connectivity index (χ1v) is 4.93. The standard InChI is InChI=1S/C12H10F3NO/c1-16-8-2-3-11(16)9-4-6-10(7-5-9)17-12(13,14)15/h2-8H,1H3. The average Bonchev–Trinajstić information content (AvgIpc) is 2.63. The van der Waals surface area contributed by atoms with Crippen molar-refractivity contribution >= 4 is 0 Å². The molecule has 0 unspecified atom stereocenters. The van der Waals surface area contributed by atoms with Crippen molar-refractivity contribution in [2.75, 3.05) is 0 Å². The van der Waals surface area contributed by atoms with Crippen molar-refractivity contribution in [3.63, 3.8) is 0 Å². The number of ether oxygens (including phenoxy) is 1. The Bertz CT molecular complexity index is 499. The second-order valence-electron chi connectivity index (χ2n) is 3.58. The van der Waals surface area contributed by atoms with E-state index in [2.05, 4.69) is 4.74 Å². The Hall–Kier alpha value is -1.91. The summed E-state index contributed by atoms with van der Waals surface area (Å²) in [7, 11) is 1.87. The van der Waals surface area contributed by atoms with Crippen LogP contribution in [0.25, 0.3) is 11.3 Å². The molecule has 0 saturated carbocycles. The monoisotopic (exact) mass is 241 g/mol. The van der Waals surface area contributed by atoms with Crippen LogP contribution < -0.4 is 4.74 Å². The van der Waals surface area contributed by atoms with Crippen molar-refractivity contribution in [3.8, 4) is 17.0 Å². The van der Waals surface area contributed by atoms with Crippen molar-refractivity contribution < 1.29 is 17.9 Å².